The minimum Gasteiger partial charge on any atom is -0.361 e. The van der Waals surface area contributed by atoms with Crippen LogP contribution in [0.15, 0.2) is 54.9 Å². The van der Waals surface area contributed by atoms with Crippen LogP contribution in [0.25, 0.3) is 33.6 Å². The molecule has 0 saturated heterocycles. The molecule has 0 radical (unpaired) electrons. The highest BCUT2D eigenvalue weighted by Gasteiger charge is 2.23. The van der Waals surface area contributed by atoms with Crippen LogP contribution < -0.4 is 10.6 Å². The Morgan fingerprint density at radius 3 is 2.69 bits per heavy atom. The normalized spacial score (nSPS) is 13.5. The minimum absolute atomic E-state index is 0.0455. The van der Waals surface area contributed by atoms with Gasteiger partial charge in [0.15, 0.2) is 17.3 Å². The van der Waals surface area contributed by atoms with Gasteiger partial charge in [-0.2, -0.15) is 0 Å². The highest BCUT2D eigenvalue weighted by atomic mass is 16.1. The highest BCUT2D eigenvalue weighted by molar-refractivity contribution is 5.95. The zero-order valence-electron chi connectivity index (χ0n) is 17.1. The molecule has 0 aliphatic heterocycles. The van der Waals surface area contributed by atoms with Crippen molar-refractivity contribution in [2.24, 2.45) is 0 Å². The third kappa shape index (κ3) is 3.53. The van der Waals surface area contributed by atoms with Gasteiger partial charge >= 0.3 is 0 Å². The smallest absolute Gasteiger partial charge is 0.251 e. The Labute approximate surface area is 182 Å². The van der Waals surface area contributed by atoms with E-state index >= 15 is 0 Å². The first-order valence-corrected chi connectivity index (χ1v) is 10.5. The van der Waals surface area contributed by atoms with Crippen molar-refractivity contribution < 1.29 is 4.79 Å². The van der Waals surface area contributed by atoms with Crippen LogP contribution >= 0.6 is 0 Å². The zero-order chi connectivity index (χ0) is 21.5. The van der Waals surface area contributed by atoms with Crippen molar-refractivity contribution >= 4 is 33.9 Å². The van der Waals surface area contributed by atoms with Gasteiger partial charge in [-0.3, -0.25) is 4.79 Å². The summed E-state index contributed by atoms with van der Waals surface area (Å²) in [5.74, 6) is 1.94. The van der Waals surface area contributed by atoms with Crippen molar-refractivity contribution in [3.63, 3.8) is 0 Å². The number of hydrogen-bond acceptors (Lipinski definition) is 6. The molecule has 1 amide bonds. The van der Waals surface area contributed by atoms with E-state index in [-0.39, 0.29) is 5.91 Å². The van der Waals surface area contributed by atoms with Gasteiger partial charge in [0.1, 0.15) is 11.3 Å². The second kappa shape index (κ2) is 7.45. The van der Waals surface area contributed by atoms with Gasteiger partial charge in [-0.25, -0.2) is 19.9 Å². The van der Waals surface area contributed by atoms with Gasteiger partial charge in [-0.05, 0) is 37.1 Å². The number of imidazole rings is 2. The monoisotopic (exact) mass is 424 g/mol. The summed E-state index contributed by atoms with van der Waals surface area (Å²) in [6.07, 6.45) is 3.72. The number of H-pyrrole nitrogens is 2. The molecular weight excluding hydrogens is 404 g/mol. The van der Waals surface area contributed by atoms with E-state index < -0.39 is 0 Å². The number of nitrogens with zero attached hydrogens (tertiary/aromatic N) is 4. The summed E-state index contributed by atoms with van der Waals surface area (Å²) in [5, 5.41) is 6.34. The quantitative estimate of drug-likeness (QED) is 0.331. The van der Waals surface area contributed by atoms with Gasteiger partial charge < -0.3 is 20.6 Å². The Morgan fingerprint density at radius 1 is 1.03 bits per heavy atom. The summed E-state index contributed by atoms with van der Waals surface area (Å²) in [6.45, 7) is 0.472. The van der Waals surface area contributed by atoms with Gasteiger partial charge in [-0.1, -0.05) is 24.3 Å². The first kappa shape index (κ1) is 18.5. The molecule has 6 rings (SSSR count). The molecule has 158 valence electrons. The van der Waals surface area contributed by atoms with E-state index in [0.29, 0.717) is 35.4 Å². The van der Waals surface area contributed by atoms with Crippen LogP contribution in [0.2, 0.25) is 0 Å². The number of benzene rings is 2. The maximum absolute atomic E-state index is 12.2. The van der Waals surface area contributed by atoms with Gasteiger partial charge in [0.25, 0.3) is 5.91 Å². The van der Waals surface area contributed by atoms with Crippen molar-refractivity contribution in [2.75, 3.05) is 5.32 Å². The van der Waals surface area contributed by atoms with Crippen LogP contribution in [-0.2, 0) is 6.54 Å². The van der Waals surface area contributed by atoms with E-state index in [1.165, 1.54) is 0 Å². The number of carbonyl (C=O) groups is 1. The molecular formula is C23H20N8O. The van der Waals surface area contributed by atoms with Gasteiger partial charge in [0.2, 0.25) is 0 Å². The van der Waals surface area contributed by atoms with E-state index in [2.05, 4.69) is 35.6 Å². The molecule has 1 aliphatic carbocycles. The molecule has 1 fully saturated rings. The average Bonchev–Trinajstić information content (AvgIpc) is 3.33. The molecule has 0 atom stereocenters. The molecule has 1 aliphatic rings. The molecule has 3 heterocycles. The second-order valence-corrected chi connectivity index (χ2v) is 7.88. The Morgan fingerprint density at radius 2 is 1.88 bits per heavy atom. The SMILES string of the molecule is O=C(NC1CC1)c1ccc(-c2nc(NCc3nc4ccccc4[nH]3)c3[nH]cnc3n2)cc1. The Balaban J connectivity index is 1.27. The molecule has 0 spiro atoms. The van der Waals surface area contributed by atoms with Gasteiger partial charge in [0, 0.05) is 17.2 Å². The molecule has 1 saturated carbocycles. The van der Waals surface area contributed by atoms with Crippen LogP contribution in [0.5, 0.6) is 0 Å². The number of amides is 1. The molecule has 0 bridgehead atoms. The fraction of sp³-hybridized carbons (Fsp3) is 0.174. The number of rotatable bonds is 6. The molecule has 9 nitrogen and oxygen atoms in total. The molecule has 0 unspecified atom stereocenters. The summed E-state index contributed by atoms with van der Waals surface area (Å²) < 4.78 is 0. The zero-order valence-corrected chi connectivity index (χ0v) is 17.1. The molecule has 3 aromatic heterocycles. The Kier molecular flexibility index (Phi) is 4.31. The Hall–Kier alpha value is -4.27. The van der Waals surface area contributed by atoms with Crippen LogP contribution in [0.1, 0.15) is 29.0 Å². The van der Waals surface area contributed by atoms with E-state index in [1.54, 1.807) is 18.5 Å². The topological polar surface area (TPSA) is 124 Å². The summed E-state index contributed by atoms with van der Waals surface area (Å²) in [6, 6.07) is 15.6. The summed E-state index contributed by atoms with van der Waals surface area (Å²) in [4.78, 5) is 36.8. The molecule has 9 heteroatoms. The predicted molar refractivity (Wildman–Crippen MR) is 121 cm³/mol. The molecule has 32 heavy (non-hydrogen) atoms. The van der Waals surface area contributed by atoms with E-state index in [1.807, 2.05) is 36.4 Å². The average molecular weight is 424 g/mol. The number of nitrogens with one attached hydrogen (secondary N) is 4. The third-order valence-electron chi connectivity index (χ3n) is 5.47. The number of carbonyl (C=O) groups excluding carboxylic acids is 1. The number of para-hydroxylation sites is 2. The van der Waals surface area contributed by atoms with Crippen LogP contribution in [0.4, 0.5) is 5.82 Å². The standard InChI is InChI=1S/C23H20N8O/c32-23(27-15-9-10-15)14-7-5-13(6-8-14)20-30-21(19-22(31-20)26-12-25-19)24-11-18-28-16-3-1-2-4-17(16)29-18/h1-8,12,15H,9-11H2,(H,27,32)(H,28,29)(H2,24,25,26,30,31). The van der Waals surface area contributed by atoms with Crippen molar-refractivity contribution in [3.8, 4) is 11.4 Å². The maximum atomic E-state index is 12.2. The van der Waals surface area contributed by atoms with Gasteiger partial charge in [0.05, 0.1) is 23.9 Å². The van der Waals surface area contributed by atoms with Crippen molar-refractivity contribution in [2.45, 2.75) is 25.4 Å². The maximum Gasteiger partial charge on any atom is 0.251 e. The van der Waals surface area contributed by atoms with Crippen LogP contribution in [0.3, 0.4) is 0 Å². The lowest BCUT2D eigenvalue weighted by molar-refractivity contribution is 0.0951. The van der Waals surface area contributed by atoms with Crippen LogP contribution in [-0.4, -0.2) is 41.9 Å². The first-order chi connectivity index (χ1) is 15.7. The second-order valence-electron chi connectivity index (χ2n) is 7.88. The Bertz CT molecular complexity index is 1400. The molecule has 5 aromatic rings. The lowest BCUT2D eigenvalue weighted by atomic mass is 10.1. The summed E-state index contributed by atoms with van der Waals surface area (Å²) >= 11 is 0. The lowest BCUT2D eigenvalue weighted by Crippen LogP contribution is -2.25. The number of aromatic amines is 2. The highest BCUT2D eigenvalue weighted by Crippen LogP contribution is 2.24. The van der Waals surface area contributed by atoms with Crippen molar-refractivity contribution in [1.29, 1.82) is 0 Å². The molecule has 4 N–H and O–H groups in total. The van der Waals surface area contributed by atoms with E-state index in [9.17, 15) is 4.79 Å². The summed E-state index contributed by atoms with van der Waals surface area (Å²) in [5.41, 5.74) is 4.65. The largest absolute Gasteiger partial charge is 0.361 e. The summed E-state index contributed by atoms with van der Waals surface area (Å²) in [7, 11) is 0. The van der Waals surface area contributed by atoms with Crippen LogP contribution in [0, 0.1) is 0 Å². The predicted octanol–water partition coefficient (Wildman–Crippen LogP) is 3.40. The fourth-order valence-electron chi connectivity index (χ4n) is 3.61. The number of fused-ring (bicyclic) bond motifs is 2. The van der Waals surface area contributed by atoms with Gasteiger partial charge in [-0.15, -0.1) is 0 Å². The van der Waals surface area contributed by atoms with Crippen molar-refractivity contribution in [1.82, 2.24) is 35.2 Å². The number of hydrogen-bond donors (Lipinski definition) is 4. The first-order valence-electron chi connectivity index (χ1n) is 10.5. The third-order valence-corrected chi connectivity index (χ3v) is 5.47. The number of aromatic nitrogens is 6. The number of anilines is 1. The molecule has 2 aromatic carbocycles. The lowest BCUT2D eigenvalue weighted by Gasteiger charge is -2.08. The van der Waals surface area contributed by atoms with E-state index in [0.717, 1.165) is 40.8 Å². The van der Waals surface area contributed by atoms with E-state index in [4.69, 9.17) is 4.98 Å². The fourth-order valence-corrected chi connectivity index (χ4v) is 3.61. The minimum atomic E-state index is -0.0455. The van der Waals surface area contributed by atoms with Crippen molar-refractivity contribution in [3.05, 3.63) is 66.2 Å².